The second kappa shape index (κ2) is 5.05. The molecule has 0 amide bonds. The highest BCUT2D eigenvalue weighted by molar-refractivity contribution is 6.01. The van der Waals surface area contributed by atoms with Crippen molar-refractivity contribution in [1.82, 2.24) is 0 Å². The van der Waals surface area contributed by atoms with Crippen molar-refractivity contribution in [2.24, 2.45) is 0 Å². The molecule has 0 aliphatic carbocycles. The molecule has 0 radical (unpaired) electrons. The van der Waals surface area contributed by atoms with E-state index in [1.807, 2.05) is 13.8 Å². The van der Waals surface area contributed by atoms with Gasteiger partial charge in [0.2, 0.25) is 5.78 Å². The topological polar surface area (TPSA) is 26.3 Å². The van der Waals surface area contributed by atoms with Crippen molar-refractivity contribution in [1.29, 1.82) is 0 Å². The highest BCUT2D eigenvalue weighted by atomic mass is 19.3. The molecular formula is C12H14F2O2. The van der Waals surface area contributed by atoms with Crippen LogP contribution in [0.1, 0.15) is 35.7 Å². The lowest BCUT2D eigenvalue weighted by molar-refractivity contribution is 0.0675. The lowest BCUT2D eigenvalue weighted by atomic mass is 9.97. The summed E-state index contributed by atoms with van der Waals surface area (Å²) in [4.78, 5) is 11.3. The van der Waals surface area contributed by atoms with Crippen LogP contribution in [0.2, 0.25) is 0 Å². The van der Waals surface area contributed by atoms with Gasteiger partial charge in [-0.15, -0.1) is 0 Å². The number of hydrogen-bond acceptors (Lipinski definition) is 2. The van der Waals surface area contributed by atoms with Crippen LogP contribution in [-0.2, 0) is 0 Å². The molecule has 0 saturated carbocycles. The molecule has 0 bridgehead atoms. The molecule has 88 valence electrons. The molecule has 16 heavy (non-hydrogen) atoms. The van der Waals surface area contributed by atoms with E-state index < -0.39 is 12.2 Å². The second-order valence-electron chi connectivity index (χ2n) is 3.75. The van der Waals surface area contributed by atoms with Crippen LogP contribution in [0.15, 0.2) is 18.2 Å². The summed E-state index contributed by atoms with van der Waals surface area (Å²) in [6, 6.07) is 4.72. The van der Waals surface area contributed by atoms with Gasteiger partial charge in [-0.25, -0.2) is 8.78 Å². The van der Waals surface area contributed by atoms with Gasteiger partial charge >= 0.3 is 6.43 Å². The van der Waals surface area contributed by atoms with Crippen molar-refractivity contribution >= 4 is 5.78 Å². The quantitative estimate of drug-likeness (QED) is 0.739. The Kier molecular flexibility index (Phi) is 3.99. The Morgan fingerprint density at radius 1 is 1.31 bits per heavy atom. The van der Waals surface area contributed by atoms with E-state index in [4.69, 9.17) is 4.74 Å². The fraction of sp³-hybridized carbons (Fsp3) is 0.417. The van der Waals surface area contributed by atoms with Crippen LogP contribution in [0.25, 0.3) is 0 Å². The molecule has 0 atom stereocenters. The van der Waals surface area contributed by atoms with Gasteiger partial charge in [-0.3, -0.25) is 4.79 Å². The third kappa shape index (κ3) is 2.38. The van der Waals surface area contributed by atoms with Crippen molar-refractivity contribution in [2.75, 3.05) is 7.11 Å². The summed E-state index contributed by atoms with van der Waals surface area (Å²) in [5, 5.41) is 0. The zero-order valence-corrected chi connectivity index (χ0v) is 9.46. The van der Waals surface area contributed by atoms with Crippen LogP contribution in [-0.4, -0.2) is 19.3 Å². The third-order valence-corrected chi connectivity index (χ3v) is 2.34. The molecule has 1 aromatic carbocycles. The number of carbonyl (C=O) groups excluding carboxylic acids is 1. The van der Waals surface area contributed by atoms with Gasteiger partial charge in [0.25, 0.3) is 0 Å². The largest absolute Gasteiger partial charge is 0.496 e. The van der Waals surface area contributed by atoms with E-state index in [9.17, 15) is 13.6 Å². The van der Waals surface area contributed by atoms with Crippen LogP contribution >= 0.6 is 0 Å². The average molecular weight is 228 g/mol. The number of alkyl halides is 2. The summed E-state index contributed by atoms with van der Waals surface area (Å²) in [7, 11) is 1.38. The molecule has 0 saturated heterocycles. The highest BCUT2D eigenvalue weighted by Gasteiger charge is 2.23. The fourth-order valence-corrected chi connectivity index (χ4v) is 1.55. The SMILES string of the molecule is COc1c(C(=O)C(F)F)cccc1C(C)C. The highest BCUT2D eigenvalue weighted by Crippen LogP contribution is 2.31. The Balaban J connectivity index is 3.29. The van der Waals surface area contributed by atoms with E-state index in [1.165, 1.54) is 13.2 Å². The van der Waals surface area contributed by atoms with Crippen molar-refractivity contribution in [2.45, 2.75) is 26.2 Å². The first kappa shape index (κ1) is 12.6. The zero-order valence-electron chi connectivity index (χ0n) is 9.46. The number of para-hydroxylation sites is 1. The molecule has 1 aromatic rings. The van der Waals surface area contributed by atoms with Gasteiger partial charge in [0.15, 0.2) is 0 Å². The summed E-state index contributed by atoms with van der Waals surface area (Å²) in [6.45, 7) is 3.82. The summed E-state index contributed by atoms with van der Waals surface area (Å²) in [5.74, 6) is -0.831. The molecule has 0 spiro atoms. The number of carbonyl (C=O) groups is 1. The summed E-state index contributed by atoms with van der Waals surface area (Å²) < 4.78 is 29.8. The monoisotopic (exact) mass is 228 g/mol. The molecule has 0 N–H and O–H groups in total. The summed E-state index contributed by atoms with van der Waals surface area (Å²) >= 11 is 0. The molecule has 4 heteroatoms. The lowest BCUT2D eigenvalue weighted by Crippen LogP contribution is -2.12. The van der Waals surface area contributed by atoms with E-state index >= 15 is 0 Å². The fourth-order valence-electron chi connectivity index (χ4n) is 1.55. The maximum absolute atomic E-state index is 12.4. The van der Waals surface area contributed by atoms with E-state index in [-0.39, 0.29) is 17.2 Å². The summed E-state index contributed by atoms with van der Waals surface area (Å²) in [6.07, 6.45) is -3.00. The molecule has 0 heterocycles. The number of ether oxygens (including phenoxy) is 1. The molecule has 2 nitrogen and oxygen atoms in total. The van der Waals surface area contributed by atoms with Gasteiger partial charge in [-0.2, -0.15) is 0 Å². The zero-order chi connectivity index (χ0) is 12.3. The lowest BCUT2D eigenvalue weighted by Gasteiger charge is -2.14. The first-order valence-electron chi connectivity index (χ1n) is 4.98. The van der Waals surface area contributed by atoms with Gasteiger partial charge in [0, 0.05) is 0 Å². The Hall–Kier alpha value is -1.45. The molecule has 0 fully saturated rings. The number of benzene rings is 1. The number of rotatable bonds is 4. The smallest absolute Gasteiger partial charge is 0.300 e. The summed E-state index contributed by atoms with van der Waals surface area (Å²) in [5.41, 5.74) is 0.706. The molecule has 0 aliphatic heterocycles. The molecule has 1 rings (SSSR count). The minimum atomic E-state index is -3.00. The predicted molar refractivity (Wildman–Crippen MR) is 57.4 cm³/mol. The van der Waals surface area contributed by atoms with Crippen molar-refractivity contribution in [3.63, 3.8) is 0 Å². The van der Waals surface area contributed by atoms with E-state index in [1.54, 1.807) is 12.1 Å². The first-order valence-corrected chi connectivity index (χ1v) is 4.98. The second-order valence-corrected chi connectivity index (χ2v) is 3.75. The molecule has 0 aromatic heterocycles. The number of ketones is 1. The number of hydrogen-bond donors (Lipinski definition) is 0. The van der Waals surface area contributed by atoms with Crippen LogP contribution in [0.5, 0.6) is 5.75 Å². The third-order valence-electron chi connectivity index (χ3n) is 2.34. The number of Topliss-reactive ketones (excluding diaryl/α,β-unsaturated/α-hetero) is 1. The van der Waals surface area contributed by atoms with E-state index in [0.717, 1.165) is 5.56 Å². The van der Waals surface area contributed by atoms with Gasteiger partial charge in [0.1, 0.15) is 5.75 Å². The molecule has 0 aliphatic rings. The number of halogens is 2. The minimum absolute atomic E-state index is 0.0521. The van der Waals surface area contributed by atoms with Gasteiger partial charge in [-0.1, -0.05) is 26.0 Å². The van der Waals surface area contributed by atoms with Crippen LogP contribution in [0.4, 0.5) is 8.78 Å². The Bertz CT molecular complexity index is 387. The Morgan fingerprint density at radius 2 is 1.94 bits per heavy atom. The normalized spacial score (nSPS) is 10.9. The van der Waals surface area contributed by atoms with Gasteiger partial charge < -0.3 is 4.74 Å². The maximum Gasteiger partial charge on any atom is 0.300 e. The maximum atomic E-state index is 12.4. The van der Waals surface area contributed by atoms with Crippen LogP contribution in [0, 0.1) is 0 Å². The van der Waals surface area contributed by atoms with Crippen LogP contribution in [0.3, 0.4) is 0 Å². The van der Waals surface area contributed by atoms with E-state index in [0.29, 0.717) is 0 Å². The Labute approximate surface area is 93.2 Å². The average Bonchev–Trinajstić information content (AvgIpc) is 2.26. The molecular weight excluding hydrogens is 214 g/mol. The van der Waals surface area contributed by atoms with Crippen molar-refractivity contribution < 1.29 is 18.3 Å². The predicted octanol–water partition coefficient (Wildman–Crippen LogP) is 3.27. The van der Waals surface area contributed by atoms with E-state index in [2.05, 4.69) is 0 Å². The number of methoxy groups -OCH3 is 1. The first-order chi connectivity index (χ1) is 7.49. The van der Waals surface area contributed by atoms with Crippen molar-refractivity contribution in [3.05, 3.63) is 29.3 Å². The Morgan fingerprint density at radius 3 is 2.38 bits per heavy atom. The standard InChI is InChI=1S/C12H14F2O2/c1-7(2)8-5-4-6-9(11(8)16-3)10(15)12(13)14/h4-7,12H,1-3H3. The van der Waals surface area contributed by atoms with Crippen molar-refractivity contribution in [3.8, 4) is 5.75 Å². The minimum Gasteiger partial charge on any atom is -0.496 e. The van der Waals surface area contributed by atoms with Crippen LogP contribution < -0.4 is 4.74 Å². The molecule has 0 unspecified atom stereocenters. The van der Waals surface area contributed by atoms with Gasteiger partial charge in [-0.05, 0) is 17.5 Å². The van der Waals surface area contributed by atoms with Gasteiger partial charge in [0.05, 0.1) is 12.7 Å².